The highest BCUT2D eigenvalue weighted by Crippen LogP contribution is 2.38. The Balaban J connectivity index is 1.28. The summed E-state index contributed by atoms with van der Waals surface area (Å²) in [6.45, 7) is 2.37. The number of benzene rings is 1. The van der Waals surface area contributed by atoms with E-state index in [2.05, 4.69) is 9.97 Å². The molecule has 0 bridgehead atoms. The van der Waals surface area contributed by atoms with Crippen LogP contribution in [0.4, 0.5) is 13.2 Å². The van der Waals surface area contributed by atoms with Gasteiger partial charge in [-0.15, -0.1) is 0 Å². The number of hydrogen-bond donors (Lipinski definition) is 1. The number of hydrogen-bond acceptors (Lipinski definition) is 8. The number of alkyl halides is 3. The summed E-state index contributed by atoms with van der Waals surface area (Å²) in [7, 11) is 1.91. The van der Waals surface area contributed by atoms with Crippen molar-refractivity contribution in [1.82, 2.24) is 14.5 Å². The second-order valence-corrected chi connectivity index (χ2v) is 8.78. The van der Waals surface area contributed by atoms with E-state index in [4.69, 9.17) is 28.8 Å². The molecule has 40 heavy (non-hydrogen) atoms. The molecule has 3 heterocycles. The Labute approximate surface area is 229 Å². The Morgan fingerprint density at radius 3 is 2.05 bits per heavy atom. The second-order valence-electron chi connectivity index (χ2n) is 8.78. The average Bonchev–Trinajstić information content (AvgIpc) is 3.24. The predicted molar refractivity (Wildman–Crippen MR) is 142 cm³/mol. The van der Waals surface area contributed by atoms with E-state index in [1.165, 1.54) is 6.20 Å². The van der Waals surface area contributed by atoms with E-state index in [0.29, 0.717) is 44.2 Å². The molecule has 1 aromatic carbocycles. The molecule has 1 N–H and O–H groups in total. The van der Waals surface area contributed by atoms with Crippen molar-refractivity contribution in [2.24, 2.45) is 7.05 Å². The van der Waals surface area contributed by atoms with E-state index in [0.717, 1.165) is 27.9 Å². The summed E-state index contributed by atoms with van der Waals surface area (Å²) in [5.74, 6) is -0.493. The molecular weight excluding hydrogens is 531 g/mol. The Morgan fingerprint density at radius 2 is 1.40 bits per heavy atom. The summed E-state index contributed by atoms with van der Waals surface area (Å²) in [6.07, 6.45) is 0.221. The van der Waals surface area contributed by atoms with Gasteiger partial charge in [0.2, 0.25) is 5.88 Å². The van der Waals surface area contributed by atoms with E-state index in [1.807, 2.05) is 29.8 Å². The normalized spacial score (nSPS) is 12.0. The molecule has 0 saturated carbocycles. The van der Waals surface area contributed by atoms with Gasteiger partial charge in [0.05, 0.1) is 65.0 Å². The number of aliphatic hydroxyl groups excluding tert-OH is 1. The van der Waals surface area contributed by atoms with E-state index in [9.17, 15) is 13.2 Å². The molecule has 3 aromatic heterocycles. The molecule has 0 aliphatic carbocycles. The number of fused-ring (bicyclic) bond motifs is 3. The minimum Gasteiger partial charge on any atom is -0.475 e. The lowest BCUT2D eigenvalue weighted by Crippen LogP contribution is -2.15. The lowest BCUT2D eigenvalue weighted by molar-refractivity contribution is -0.139. The minimum atomic E-state index is -4.64. The summed E-state index contributed by atoms with van der Waals surface area (Å²) < 4.78 is 70.0. The van der Waals surface area contributed by atoms with Gasteiger partial charge in [0.25, 0.3) is 0 Å². The fraction of sp³-hybridized carbons (Fsp3) is 0.429. The summed E-state index contributed by atoms with van der Waals surface area (Å²) in [5, 5.41) is 10.5. The first-order valence-electron chi connectivity index (χ1n) is 12.8. The molecule has 216 valence electrons. The van der Waals surface area contributed by atoms with Gasteiger partial charge < -0.3 is 33.4 Å². The van der Waals surface area contributed by atoms with Crippen molar-refractivity contribution in [3.05, 3.63) is 54.5 Å². The maximum atomic E-state index is 13.9. The van der Waals surface area contributed by atoms with Gasteiger partial charge in [0, 0.05) is 47.5 Å². The Kier molecular flexibility index (Phi) is 10.7. The molecule has 9 nitrogen and oxygen atoms in total. The zero-order valence-corrected chi connectivity index (χ0v) is 22.2. The van der Waals surface area contributed by atoms with E-state index < -0.39 is 17.6 Å². The van der Waals surface area contributed by atoms with Crippen LogP contribution in [0.3, 0.4) is 0 Å². The fourth-order valence-corrected chi connectivity index (χ4v) is 4.19. The summed E-state index contributed by atoms with van der Waals surface area (Å²) in [4.78, 5) is 8.17. The molecule has 0 radical (unpaired) electrons. The van der Waals surface area contributed by atoms with Gasteiger partial charge >= 0.3 is 6.18 Å². The van der Waals surface area contributed by atoms with Crippen molar-refractivity contribution in [1.29, 1.82) is 0 Å². The first-order valence-corrected chi connectivity index (χ1v) is 12.8. The van der Waals surface area contributed by atoms with Gasteiger partial charge in [0.1, 0.15) is 12.2 Å². The number of aromatic nitrogens is 3. The van der Waals surface area contributed by atoms with Crippen LogP contribution in [0, 0.1) is 0 Å². The largest absolute Gasteiger partial charge is 0.475 e. The average molecular weight is 564 g/mol. The second kappa shape index (κ2) is 14.4. The minimum absolute atomic E-state index is 0.0248. The smallest absolute Gasteiger partial charge is 0.421 e. The van der Waals surface area contributed by atoms with Crippen LogP contribution in [-0.2, 0) is 32.2 Å². The van der Waals surface area contributed by atoms with Crippen LogP contribution in [0.5, 0.6) is 5.88 Å². The molecule has 4 aromatic rings. The highest BCUT2D eigenvalue weighted by Gasteiger charge is 2.36. The van der Waals surface area contributed by atoms with Crippen LogP contribution >= 0.6 is 0 Å². The molecular formula is C28H32F3N3O6. The fourth-order valence-electron chi connectivity index (χ4n) is 4.19. The predicted octanol–water partition coefficient (Wildman–Crippen LogP) is 4.24. The molecule has 0 spiro atoms. The number of rotatable bonds is 16. The highest BCUT2D eigenvalue weighted by molar-refractivity contribution is 6.08. The van der Waals surface area contributed by atoms with Gasteiger partial charge in [-0.2, -0.15) is 13.2 Å². The molecule has 0 aliphatic heterocycles. The summed E-state index contributed by atoms with van der Waals surface area (Å²) >= 11 is 0. The SMILES string of the molecule is Cn1c2ccncc2c2ccc(-c3cnc(OCCOCCOCCOCCOCCO)c(C(F)(F)F)c3)cc21. The van der Waals surface area contributed by atoms with Gasteiger partial charge in [-0.1, -0.05) is 12.1 Å². The standard InChI is InChI=1S/C28H32F3N3O6/c1-34-25-4-5-32-19-23(25)22-3-2-20(17-26(22)34)21-16-24(28(29,30)31)27(33-18-21)40-15-14-39-13-12-38-11-10-37-9-8-36-7-6-35/h2-5,16-19,35H,6-15H2,1H3. The van der Waals surface area contributed by atoms with Crippen molar-refractivity contribution < 1.29 is 42.0 Å². The molecule has 0 fully saturated rings. The zero-order valence-electron chi connectivity index (χ0n) is 22.2. The molecule has 12 heteroatoms. The van der Waals surface area contributed by atoms with Crippen LogP contribution in [-0.4, -0.2) is 85.7 Å². The molecule has 0 unspecified atom stereocenters. The number of aryl methyl sites for hydroxylation is 1. The highest BCUT2D eigenvalue weighted by atomic mass is 19.4. The quantitative estimate of drug-likeness (QED) is 0.202. The number of halogens is 3. The van der Waals surface area contributed by atoms with Crippen LogP contribution in [0.1, 0.15) is 5.56 Å². The van der Waals surface area contributed by atoms with Crippen molar-refractivity contribution in [2.45, 2.75) is 6.18 Å². The maximum Gasteiger partial charge on any atom is 0.421 e. The number of pyridine rings is 2. The van der Waals surface area contributed by atoms with Crippen LogP contribution < -0.4 is 4.74 Å². The van der Waals surface area contributed by atoms with E-state index >= 15 is 0 Å². The maximum absolute atomic E-state index is 13.9. The third-order valence-corrected chi connectivity index (χ3v) is 6.12. The lowest BCUT2D eigenvalue weighted by atomic mass is 10.0. The van der Waals surface area contributed by atoms with Gasteiger partial charge in [-0.25, -0.2) is 4.98 Å². The zero-order chi connectivity index (χ0) is 28.4. The monoisotopic (exact) mass is 563 g/mol. The van der Waals surface area contributed by atoms with Crippen molar-refractivity contribution >= 4 is 21.8 Å². The number of aliphatic hydroxyl groups is 1. The molecule has 0 atom stereocenters. The first kappa shape index (κ1) is 29.7. The first-order chi connectivity index (χ1) is 19.4. The van der Waals surface area contributed by atoms with Crippen LogP contribution in [0.2, 0.25) is 0 Å². The number of ether oxygens (including phenoxy) is 5. The number of nitrogens with zero attached hydrogens (tertiary/aromatic N) is 3. The van der Waals surface area contributed by atoms with Crippen molar-refractivity contribution in [2.75, 3.05) is 66.1 Å². The Bertz CT molecular complexity index is 1380. The molecule has 0 saturated heterocycles. The van der Waals surface area contributed by atoms with Gasteiger partial charge in [0.15, 0.2) is 0 Å². The summed E-state index contributed by atoms with van der Waals surface area (Å²) in [5.41, 5.74) is 1.86. The van der Waals surface area contributed by atoms with Crippen molar-refractivity contribution in [3.63, 3.8) is 0 Å². The Morgan fingerprint density at radius 1 is 0.750 bits per heavy atom. The molecule has 0 amide bonds. The third-order valence-electron chi connectivity index (χ3n) is 6.12. The van der Waals surface area contributed by atoms with E-state index in [1.54, 1.807) is 18.5 Å². The van der Waals surface area contributed by atoms with Crippen LogP contribution in [0.25, 0.3) is 32.9 Å². The van der Waals surface area contributed by atoms with Gasteiger partial charge in [-0.3, -0.25) is 4.98 Å². The van der Waals surface area contributed by atoms with E-state index in [-0.39, 0.29) is 33.0 Å². The van der Waals surface area contributed by atoms with Gasteiger partial charge in [-0.05, 0) is 23.8 Å². The van der Waals surface area contributed by atoms with Crippen molar-refractivity contribution in [3.8, 4) is 17.0 Å². The topological polar surface area (TPSA) is 97.1 Å². The lowest BCUT2D eigenvalue weighted by Gasteiger charge is -2.15. The molecule has 0 aliphatic rings. The molecule has 4 rings (SSSR count). The van der Waals surface area contributed by atoms with Crippen LogP contribution in [0.15, 0.2) is 48.9 Å². The third kappa shape index (κ3) is 7.67. The Hall–Kier alpha value is -3.29. The summed E-state index contributed by atoms with van der Waals surface area (Å²) in [6, 6.07) is 8.47.